The number of methoxy groups -OCH3 is 1. The molecule has 0 bridgehead atoms. The molecule has 0 saturated heterocycles. The molecule has 6 nitrogen and oxygen atoms in total. The number of aryl methyl sites for hydroxylation is 1. The van der Waals surface area contributed by atoms with Crippen LogP contribution in [0, 0.1) is 5.82 Å². The normalized spacial score (nSPS) is 12.3. The third-order valence-corrected chi connectivity index (χ3v) is 5.47. The average molecular weight is 456 g/mol. The molecule has 2 aromatic carbocycles. The number of aromatic nitrogens is 2. The van der Waals surface area contributed by atoms with E-state index in [1.54, 1.807) is 23.9 Å². The second-order valence-electron chi connectivity index (χ2n) is 8.06. The summed E-state index contributed by atoms with van der Waals surface area (Å²) in [5.41, 5.74) is 2.75. The van der Waals surface area contributed by atoms with Crippen LogP contribution in [0.3, 0.4) is 0 Å². The molecule has 0 aliphatic carbocycles. The number of aliphatic hydroxyl groups is 1. The van der Waals surface area contributed by atoms with E-state index in [9.17, 15) is 9.50 Å². The predicted molar refractivity (Wildman–Crippen MR) is 127 cm³/mol. The van der Waals surface area contributed by atoms with Crippen LogP contribution in [0.5, 0.6) is 11.6 Å². The van der Waals surface area contributed by atoms with E-state index in [0.29, 0.717) is 37.9 Å². The van der Waals surface area contributed by atoms with Crippen LogP contribution in [0.1, 0.15) is 37.9 Å². The Morgan fingerprint density at radius 1 is 1.09 bits per heavy atom. The van der Waals surface area contributed by atoms with Crippen LogP contribution in [0.15, 0.2) is 54.6 Å². The van der Waals surface area contributed by atoms with Gasteiger partial charge in [0.05, 0.1) is 29.7 Å². The highest BCUT2D eigenvalue weighted by Gasteiger charge is 2.23. The number of hydrogen-bond donors (Lipinski definition) is 1. The van der Waals surface area contributed by atoms with Gasteiger partial charge in [0.25, 0.3) is 0 Å². The fourth-order valence-corrected chi connectivity index (χ4v) is 3.79. The number of halogens is 1. The van der Waals surface area contributed by atoms with Crippen molar-refractivity contribution in [3.05, 3.63) is 71.7 Å². The van der Waals surface area contributed by atoms with E-state index in [2.05, 4.69) is 18.7 Å². The van der Waals surface area contributed by atoms with Gasteiger partial charge in [-0.25, -0.2) is 9.07 Å². The zero-order chi connectivity index (χ0) is 23.6. The minimum Gasteiger partial charge on any atom is -0.439 e. The lowest BCUT2D eigenvalue weighted by molar-refractivity contribution is 0.0795. The minimum absolute atomic E-state index is 0.316. The summed E-state index contributed by atoms with van der Waals surface area (Å²) in [4.78, 5) is 2.17. The van der Waals surface area contributed by atoms with Crippen LogP contribution in [-0.2, 0) is 17.7 Å². The van der Waals surface area contributed by atoms with Gasteiger partial charge >= 0.3 is 0 Å². The van der Waals surface area contributed by atoms with Gasteiger partial charge in [-0.1, -0.05) is 38.5 Å². The summed E-state index contributed by atoms with van der Waals surface area (Å²) < 4.78 is 26.9. The molecule has 1 aromatic heterocycles. The molecule has 0 fully saturated rings. The molecule has 0 unspecified atom stereocenters. The molecule has 0 amide bonds. The summed E-state index contributed by atoms with van der Waals surface area (Å²) in [6.07, 6.45) is 1.98. The largest absolute Gasteiger partial charge is 0.439 e. The maximum atomic E-state index is 13.5. The van der Waals surface area contributed by atoms with Crippen molar-refractivity contribution in [1.82, 2.24) is 14.7 Å². The lowest BCUT2D eigenvalue weighted by Gasteiger charge is -2.25. The van der Waals surface area contributed by atoms with Gasteiger partial charge in [-0.3, -0.25) is 4.90 Å². The second-order valence-corrected chi connectivity index (χ2v) is 8.06. The van der Waals surface area contributed by atoms with Crippen molar-refractivity contribution in [3.8, 4) is 17.3 Å². The lowest BCUT2D eigenvalue weighted by Crippen LogP contribution is -2.34. The van der Waals surface area contributed by atoms with Crippen molar-refractivity contribution in [3.63, 3.8) is 0 Å². The third kappa shape index (κ3) is 6.87. The average Bonchev–Trinajstić information content (AvgIpc) is 3.16. The van der Waals surface area contributed by atoms with Crippen LogP contribution in [-0.4, -0.2) is 52.7 Å². The lowest BCUT2D eigenvalue weighted by atomic mass is 10.1. The maximum Gasteiger partial charge on any atom is 0.227 e. The molecule has 0 saturated carbocycles. The predicted octanol–water partition coefficient (Wildman–Crippen LogP) is 4.98. The van der Waals surface area contributed by atoms with Gasteiger partial charge in [0.1, 0.15) is 11.6 Å². The number of benzene rings is 2. The number of nitrogens with zero attached hydrogens (tertiary/aromatic N) is 3. The number of ether oxygens (including phenoxy) is 2. The zero-order valence-electron chi connectivity index (χ0n) is 19.7. The van der Waals surface area contributed by atoms with E-state index < -0.39 is 6.10 Å². The number of aliphatic hydroxyl groups excluding tert-OH is 1. The summed E-state index contributed by atoms with van der Waals surface area (Å²) in [5.74, 6) is 0.813. The van der Waals surface area contributed by atoms with E-state index in [1.165, 1.54) is 12.1 Å². The molecule has 0 aliphatic rings. The van der Waals surface area contributed by atoms with Crippen LogP contribution < -0.4 is 4.74 Å². The van der Waals surface area contributed by atoms with E-state index >= 15 is 0 Å². The van der Waals surface area contributed by atoms with Gasteiger partial charge < -0.3 is 14.6 Å². The first-order valence-corrected chi connectivity index (χ1v) is 11.5. The van der Waals surface area contributed by atoms with Crippen LogP contribution >= 0.6 is 0 Å². The van der Waals surface area contributed by atoms with E-state index in [4.69, 9.17) is 14.6 Å². The molecule has 0 spiro atoms. The highest BCUT2D eigenvalue weighted by molar-refractivity contribution is 5.43. The fourth-order valence-electron chi connectivity index (χ4n) is 3.79. The first kappa shape index (κ1) is 24.9. The van der Waals surface area contributed by atoms with Crippen LogP contribution in [0.25, 0.3) is 5.69 Å². The first-order chi connectivity index (χ1) is 16.0. The van der Waals surface area contributed by atoms with Gasteiger partial charge in [0.15, 0.2) is 0 Å². The fraction of sp³-hybridized carbons (Fsp3) is 0.423. The van der Waals surface area contributed by atoms with Crippen LogP contribution in [0.2, 0.25) is 0 Å². The monoisotopic (exact) mass is 455 g/mol. The Morgan fingerprint density at radius 3 is 2.45 bits per heavy atom. The third-order valence-electron chi connectivity index (χ3n) is 5.47. The molecule has 33 heavy (non-hydrogen) atoms. The smallest absolute Gasteiger partial charge is 0.227 e. The number of rotatable bonds is 13. The molecule has 1 heterocycles. The molecule has 7 heteroatoms. The molecule has 3 rings (SSSR count). The SMILES string of the molecule is CCC[C@@H](O)CN(CCOC)Cc1c(CC)nn(-c2ccccc2)c1Oc1ccc(F)cc1. The van der Waals surface area contributed by atoms with Gasteiger partial charge in [0.2, 0.25) is 5.88 Å². The summed E-state index contributed by atoms with van der Waals surface area (Å²) in [6, 6.07) is 15.8. The quantitative estimate of drug-likeness (QED) is 0.394. The van der Waals surface area contributed by atoms with Gasteiger partial charge in [-0.2, -0.15) is 5.10 Å². The highest BCUT2D eigenvalue weighted by atomic mass is 19.1. The summed E-state index contributed by atoms with van der Waals surface area (Å²) in [7, 11) is 1.68. The summed E-state index contributed by atoms with van der Waals surface area (Å²) in [6.45, 7) is 6.45. The van der Waals surface area contributed by atoms with Crippen molar-refractivity contribution >= 4 is 0 Å². The highest BCUT2D eigenvalue weighted by Crippen LogP contribution is 2.32. The Morgan fingerprint density at radius 2 is 1.82 bits per heavy atom. The first-order valence-electron chi connectivity index (χ1n) is 11.5. The summed E-state index contributed by atoms with van der Waals surface area (Å²) >= 11 is 0. The van der Waals surface area contributed by atoms with Gasteiger partial charge in [-0.05, 0) is 49.2 Å². The van der Waals surface area contributed by atoms with Crippen molar-refractivity contribution < 1.29 is 19.0 Å². The molecule has 0 aliphatic heterocycles. The van der Waals surface area contributed by atoms with Gasteiger partial charge in [-0.15, -0.1) is 0 Å². The molecule has 1 atom stereocenters. The van der Waals surface area contributed by atoms with Crippen molar-refractivity contribution in [2.24, 2.45) is 0 Å². The van der Waals surface area contributed by atoms with Crippen molar-refractivity contribution in [2.45, 2.75) is 45.8 Å². The van der Waals surface area contributed by atoms with Crippen molar-refractivity contribution in [1.29, 1.82) is 0 Å². The zero-order valence-corrected chi connectivity index (χ0v) is 19.7. The number of hydrogen-bond acceptors (Lipinski definition) is 5. The molecule has 0 radical (unpaired) electrons. The van der Waals surface area contributed by atoms with E-state index in [-0.39, 0.29) is 5.82 Å². The minimum atomic E-state index is -0.414. The van der Waals surface area contributed by atoms with Crippen molar-refractivity contribution in [2.75, 3.05) is 26.8 Å². The maximum absolute atomic E-state index is 13.5. The Kier molecular flexibility index (Phi) is 9.42. The topological polar surface area (TPSA) is 59.8 Å². The standard InChI is InChI=1S/C26H34FN3O3/c1-4-9-22(31)18-29(16-17-32-3)19-24-25(5-2)28-30(21-10-7-6-8-11-21)26(24)33-23-14-12-20(27)13-15-23/h6-8,10-15,22,31H,4-5,9,16-19H2,1-3H3/t22-/m1/s1. The van der Waals surface area contributed by atoms with E-state index in [1.807, 2.05) is 30.3 Å². The molecular weight excluding hydrogens is 421 g/mol. The molecule has 3 aromatic rings. The Labute approximate surface area is 195 Å². The summed E-state index contributed by atoms with van der Waals surface area (Å²) in [5, 5.41) is 15.3. The Hall–Kier alpha value is -2.74. The molecule has 1 N–H and O–H groups in total. The molecule has 178 valence electrons. The second kappa shape index (κ2) is 12.5. The molecular formula is C26H34FN3O3. The Bertz CT molecular complexity index is 976. The Balaban J connectivity index is 2.01. The number of para-hydroxylation sites is 1. The van der Waals surface area contributed by atoms with E-state index in [0.717, 1.165) is 36.2 Å². The van der Waals surface area contributed by atoms with Crippen LogP contribution in [0.4, 0.5) is 4.39 Å². The van der Waals surface area contributed by atoms with Gasteiger partial charge in [0, 0.05) is 26.7 Å².